The van der Waals surface area contributed by atoms with Gasteiger partial charge in [-0.05, 0) is 13.0 Å². The standard InChI is InChI=1S/C14H15F3O5/c1-3-21-13(19)12(17)14(20,7-22-8(2)18)10-5-4-9(15)6-11(10)16/h4-6,12,20H,3,7H2,1-2H3. The van der Waals surface area contributed by atoms with Crippen LogP contribution in [0.1, 0.15) is 19.4 Å². The Morgan fingerprint density at radius 1 is 1.32 bits per heavy atom. The number of esters is 2. The Balaban J connectivity index is 3.26. The zero-order chi connectivity index (χ0) is 16.9. The van der Waals surface area contributed by atoms with E-state index in [0.29, 0.717) is 6.07 Å². The summed E-state index contributed by atoms with van der Waals surface area (Å²) in [5, 5.41) is 10.4. The molecule has 1 rings (SSSR count). The number of hydrogen-bond donors (Lipinski definition) is 1. The molecule has 22 heavy (non-hydrogen) atoms. The van der Waals surface area contributed by atoms with Gasteiger partial charge in [0.1, 0.15) is 18.2 Å². The molecule has 0 aliphatic heterocycles. The van der Waals surface area contributed by atoms with Crippen LogP contribution in [0.15, 0.2) is 18.2 Å². The summed E-state index contributed by atoms with van der Waals surface area (Å²) >= 11 is 0. The third kappa shape index (κ3) is 3.97. The van der Waals surface area contributed by atoms with Gasteiger partial charge >= 0.3 is 11.9 Å². The van der Waals surface area contributed by atoms with Gasteiger partial charge in [0.15, 0.2) is 5.60 Å². The van der Waals surface area contributed by atoms with Gasteiger partial charge in [0.25, 0.3) is 0 Å². The minimum absolute atomic E-state index is 0.172. The first-order valence-corrected chi connectivity index (χ1v) is 6.34. The van der Waals surface area contributed by atoms with Crippen molar-refractivity contribution in [3.05, 3.63) is 35.4 Å². The smallest absolute Gasteiger partial charge is 0.344 e. The topological polar surface area (TPSA) is 72.8 Å². The predicted molar refractivity (Wildman–Crippen MR) is 68.4 cm³/mol. The second kappa shape index (κ2) is 7.26. The second-order valence-electron chi connectivity index (χ2n) is 4.44. The molecule has 1 aromatic rings. The highest BCUT2D eigenvalue weighted by Gasteiger charge is 2.47. The van der Waals surface area contributed by atoms with E-state index in [1.165, 1.54) is 6.92 Å². The molecular formula is C14H15F3O5. The van der Waals surface area contributed by atoms with Crippen molar-refractivity contribution in [1.82, 2.24) is 0 Å². The Morgan fingerprint density at radius 3 is 2.45 bits per heavy atom. The third-order valence-electron chi connectivity index (χ3n) is 2.81. The molecule has 5 nitrogen and oxygen atoms in total. The van der Waals surface area contributed by atoms with E-state index in [0.717, 1.165) is 19.1 Å². The number of benzene rings is 1. The molecule has 0 fully saturated rings. The number of aliphatic hydroxyl groups is 1. The van der Waals surface area contributed by atoms with Gasteiger partial charge < -0.3 is 14.6 Å². The molecular weight excluding hydrogens is 305 g/mol. The summed E-state index contributed by atoms with van der Waals surface area (Å²) in [5.74, 6) is -4.58. The van der Waals surface area contributed by atoms with E-state index in [1.54, 1.807) is 0 Å². The van der Waals surface area contributed by atoms with Crippen LogP contribution in [0, 0.1) is 11.6 Å². The lowest BCUT2D eigenvalue weighted by Crippen LogP contribution is -2.47. The molecule has 2 unspecified atom stereocenters. The molecule has 0 bridgehead atoms. The van der Waals surface area contributed by atoms with Crippen molar-refractivity contribution in [3.63, 3.8) is 0 Å². The molecule has 1 N–H and O–H groups in total. The van der Waals surface area contributed by atoms with Gasteiger partial charge in [0.2, 0.25) is 6.17 Å². The molecule has 0 aliphatic rings. The largest absolute Gasteiger partial charge is 0.464 e. The lowest BCUT2D eigenvalue weighted by Gasteiger charge is -2.30. The number of carbonyl (C=O) groups is 2. The van der Waals surface area contributed by atoms with Crippen molar-refractivity contribution >= 4 is 11.9 Å². The maximum absolute atomic E-state index is 14.3. The zero-order valence-electron chi connectivity index (χ0n) is 11.9. The van der Waals surface area contributed by atoms with Crippen LogP contribution in [-0.2, 0) is 24.7 Å². The molecule has 0 heterocycles. The minimum Gasteiger partial charge on any atom is -0.464 e. The van der Waals surface area contributed by atoms with E-state index in [4.69, 9.17) is 0 Å². The monoisotopic (exact) mass is 320 g/mol. The molecule has 0 aromatic heterocycles. The maximum atomic E-state index is 14.3. The summed E-state index contributed by atoms with van der Waals surface area (Å²) < 4.78 is 50.0. The molecule has 1 aromatic carbocycles. The van der Waals surface area contributed by atoms with Gasteiger partial charge in [0.05, 0.1) is 6.61 Å². The fourth-order valence-electron chi connectivity index (χ4n) is 1.75. The highest BCUT2D eigenvalue weighted by molar-refractivity contribution is 5.76. The van der Waals surface area contributed by atoms with Crippen molar-refractivity contribution in [1.29, 1.82) is 0 Å². The molecule has 0 saturated carbocycles. The Labute approximate surface area is 124 Å². The first kappa shape index (κ1) is 18.0. The van der Waals surface area contributed by atoms with Crippen LogP contribution < -0.4 is 0 Å². The van der Waals surface area contributed by atoms with Crippen molar-refractivity contribution in [2.45, 2.75) is 25.6 Å². The van der Waals surface area contributed by atoms with E-state index >= 15 is 0 Å². The average molecular weight is 320 g/mol. The lowest BCUT2D eigenvalue weighted by atomic mass is 9.89. The molecule has 8 heteroatoms. The minimum atomic E-state index is -2.84. The fourth-order valence-corrected chi connectivity index (χ4v) is 1.75. The van der Waals surface area contributed by atoms with Crippen molar-refractivity contribution in [2.75, 3.05) is 13.2 Å². The number of ether oxygens (including phenoxy) is 2. The van der Waals surface area contributed by atoms with Gasteiger partial charge in [-0.25, -0.2) is 18.0 Å². The Kier molecular flexibility index (Phi) is 5.92. The van der Waals surface area contributed by atoms with Gasteiger partial charge in [0, 0.05) is 18.6 Å². The van der Waals surface area contributed by atoms with Gasteiger partial charge in [-0.15, -0.1) is 0 Å². The summed E-state index contributed by atoms with van der Waals surface area (Å²) in [7, 11) is 0. The number of hydrogen-bond acceptors (Lipinski definition) is 5. The Hall–Kier alpha value is -2.09. The van der Waals surface area contributed by atoms with Crippen LogP contribution >= 0.6 is 0 Å². The summed E-state index contributed by atoms with van der Waals surface area (Å²) in [6, 6.07) is 1.95. The lowest BCUT2D eigenvalue weighted by molar-refractivity contribution is -0.173. The number of halogens is 3. The molecule has 0 radical (unpaired) electrons. The van der Waals surface area contributed by atoms with E-state index in [1.807, 2.05) is 0 Å². The van der Waals surface area contributed by atoms with E-state index in [2.05, 4.69) is 9.47 Å². The predicted octanol–water partition coefficient (Wildman–Crippen LogP) is 1.62. The SMILES string of the molecule is CCOC(=O)C(F)C(O)(COC(C)=O)c1ccc(F)cc1F. The summed E-state index contributed by atoms with van der Waals surface area (Å²) in [5.41, 5.74) is -3.56. The van der Waals surface area contributed by atoms with Crippen LogP contribution in [0.4, 0.5) is 13.2 Å². The number of rotatable bonds is 6. The quantitative estimate of drug-likeness (QED) is 0.806. The molecule has 2 atom stereocenters. The van der Waals surface area contributed by atoms with E-state index in [9.17, 15) is 27.9 Å². The normalized spacial score (nSPS) is 14.8. The highest BCUT2D eigenvalue weighted by Crippen LogP contribution is 2.31. The van der Waals surface area contributed by atoms with Crippen LogP contribution in [0.5, 0.6) is 0 Å². The number of alkyl halides is 1. The van der Waals surface area contributed by atoms with Gasteiger partial charge in [-0.2, -0.15) is 0 Å². The molecule has 122 valence electrons. The van der Waals surface area contributed by atoms with Crippen molar-refractivity contribution in [3.8, 4) is 0 Å². The van der Waals surface area contributed by atoms with Gasteiger partial charge in [-0.1, -0.05) is 6.07 Å². The van der Waals surface area contributed by atoms with Gasteiger partial charge in [-0.3, -0.25) is 4.79 Å². The first-order valence-electron chi connectivity index (χ1n) is 6.34. The zero-order valence-corrected chi connectivity index (χ0v) is 11.9. The van der Waals surface area contributed by atoms with E-state index in [-0.39, 0.29) is 6.61 Å². The molecule has 0 aliphatic carbocycles. The molecule has 0 saturated heterocycles. The Morgan fingerprint density at radius 2 is 1.95 bits per heavy atom. The van der Waals surface area contributed by atoms with Crippen molar-refractivity contribution in [2.24, 2.45) is 0 Å². The maximum Gasteiger partial charge on any atom is 0.344 e. The van der Waals surface area contributed by atoms with Crippen LogP contribution in [-0.4, -0.2) is 36.4 Å². The summed E-state index contributed by atoms with van der Waals surface area (Å²) in [6.07, 6.45) is -2.73. The van der Waals surface area contributed by atoms with Crippen LogP contribution in [0.3, 0.4) is 0 Å². The third-order valence-corrected chi connectivity index (χ3v) is 2.81. The van der Waals surface area contributed by atoms with Crippen LogP contribution in [0.25, 0.3) is 0 Å². The average Bonchev–Trinajstić information content (AvgIpc) is 2.44. The summed E-state index contributed by atoms with van der Waals surface area (Å²) in [6.45, 7) is 1.19. The second-order valence-corrected chi connectivity index (χ2v) is 4.44. The molecule has 0 amide bonds. The molecule has 0 spiro atoms. The van der Waals surface area contributed by atoms with Crippen LogP contribution in [0.2, 0.25) is 0 Å². The first-order chi connectivity index (χ1) is 10.2. The highest BCUT2D eigenvalue weighted by atomic mass is 19.1. The van der Waals surface area contributed by atoms with E-state index < -0.39 is 47.5 Å². The summed E-state index contributed by atoms with van der Waals surface area (Å²) in [4.78, 5) is 22.3. The number of carbonyl (C=O) groups excluding carboxylic acids is 2. The van der Waals surface area contributed by atoms with Crippen molar-refractivity contribution < 1.29 is 37.3 Å². The fraction of sp³-hybridized carbons (Fsp3) is 0.429. The Bertz CT molecular complexity index is 563.